The van der Waals surface area contributed by atoms with Crippen LogP contribution in [0.2, 0.25) is 0 Å². The normalized spacial score (nSPS) is 11.0. The predicted molar refractivity (Wildman–Crippen MR) is 54.1 cm³/mol. The predicted octanol–water partition coefficient (Wildman–Crippen LogP) is 2.18. The molecule has 0 amide bonds. The zero-order chi connectivity index (χ0) is 11.3. The van der Waals surface area contributed by atoms with Crippen molar-refractivity contribution in [2.45, 2.75) is 0 Å². The first-order valence-corrected chi connectivity index (χ1v) is 4.27. The van der Waals surface area contributed by atoms with Crippen LogP contribution < -0.4 is 4.74 Å². The van der Waals surface area contributed by atoms with Crippen LogP contribution in [0.3, 0.4) is 0 Å². The van der Waals surface area contributed by atoms with Gasteiger partial charge in [0.2, 0.25) is 5.83 Å². The van der Waals surface area contributed by atoms with Gasteiger partial charge in [0.1, 0.15) is 5.75 Å². The Morgan fingerprint density at radius 3 is 2.33 bits per heavy atom. The van der Waals surface area contributed by atoms with E-state index in [-0.39, 0.29) is 0 Å². The number of esters is 1. The molecule has 0 saturated carbocycles. The van der Waals surface area contributed by atoms with E-state index in [1.165, 1.54) is 0 Å². The van der Waals surface area contributed by atoms with Crippen molar-refractivity contribution >= 4 is 12.0 Å². The first-order chi connectivity index (χ1) is 7.17. The Kier molecular flexibility index (Phi) is 3.85. The summed E-state index contributed by atoms with van der Waals surface area (Å²) in [5, 5.41) is 0. The third-order valence-corrected chi connectivity index (χ3v) is 1.79. The van der Waals surface area contributed by atoms with Crippen LogP contribution in [0.1, 0.15) is 5.56 Å². The summed E-state index contributed by atoms with van der Waals surface area (Å²) >= 11 is 0. The number of benzene rings is 1. The van der Waals surface area contributed by atoms with E-state index in [0.29, 0.717) is 11.3 Å². The lowest BCUT2D eigenvalue weighted by molar-refractivity contribution is -0.137. The Morgan fingerprint density at radius 1 is 1.27 bits per heavy atom. The van der Waals surface area contributed by atoms with Gasteiger partial charge in [-0.3, -0.25) is 0 Å². The monoisotopic (exact) mass is 210 g/mol. The summed E-state index contributed by atoms with van der Waals surface area (Å²) in [5.74, 6) is -1.24. The van der Waals surface area contributed by atoms with E-state index in [9.17, 15) is 9.18 Å². The second kappa shape index (κ2) is 5.14. The maximum Gasteiger partial charge on any atom is 0.366 e. The molecule has 0 fully saturated rings. The fourth-order valence-corrected chi connectivity index (χ4v) is 1.00. The van der Waals surface area contributed by atoms with Gasteiger partial charge in [0.05, 0.1) is 14.2 Å². The lowest BCUT2D eigenvalue weighted by Crippen LogP contribution is -1.99. The first kappa shape index (κ1) is 11.2. The smallest absolute Gasteiger partial charge is 0.366 e. The van der Waals surface area contributed by atoms with Crippen LogP contribution in [0.4, 0.5) is 4.39 Å². The summed E-state index contributed by atoms with van der Waals surface area (Å²) in [7, 11) is 2.67. The van der Waals surface area contributed by atoms with Gasteiger partial charge in [-0.25, -0.2) is 4.79 Å². The summed E-state index contributed by atoms with van der Waals surface area (Å²) in [5.41, 5.74) is 0.568. The molecule has 0 aliphatic rings. The van der Waals surface area contributed by atoms with Crippen molar-refractivity contribution in [2.75, 3.05) is 14.2 Å². The van der Waals surface area contributed by atoms with Crippen molar-refractivity contribution in [3.63, 3.8) is 0 Å². The van der Waals surface area contributed by atoms with Crippen molar-refractivity contribution in [2.24, 2.45) is 0 Å². The molecule has 0 aromatic heterocycles. The quantitative estimate of drug-likeness (QED) is 0.566. The van der Waals surface area contributed by atoms with Crippen LogP contribution in [0.15, 0.2) is 30.1 Å². The average molecular weight is 210 g/mol. The van der Waals surface area contributed by atoms with Crippen LogP contribution in [0.25, 0.3) is 6.08 Å². The van der Waals surface area contributed by atoms with E-state index in [1.54, 1.807) is 31.4 Å². The molecule has 0 N–H and O–H groups in total. The lowest BCUT2D eigenvalue weighted by Gasteiger charge is -1.99. The van der Waals surface area contributed by atoms with E-state index in [1.807, 2.05) is 0 Å². The molecule has 0 unspecified atom stereocenters. The van der Waals surface area contributed by atoms with Gasteiger partial charge in [-0.2, -0.15) is 4.39 Å². The van der Waals surface area contributed by atoms with E-state index < -0.39 is 11.8 Å². The lowest BCUT2D eigenvalue weighted by atomic mass is 10.2. The van der Waals surface area contributed by atoms with Crippen molar-refractivity contribution in [1.82, 2.24) is 0 Å². The second-order valence-electron chi connectivity index (χ2n) is 2.76. The van der Waals surface area contributed by atoms with Gasteiger partial charge in [-0.1, -0.05) is 12.1 Å². The largest absolute Gasteiger partial charge is 0.497 e. The topological polar surface area (TPSA) is 35.5 Å². The van der Waals surface area contributed by atoms with E-state index >= 15 is 0 Å². The Morgan fingerprint density at radius 2 is 1.87 bits per heavy atom. The van der Waals surface area contributed by atoms with Gasteiger partial charge in [-0.15, -0.1) is 0 Å². The van der Waals surface area contributed by atoms with Gasteiger partial charge >= 0.3 is 5.97 Å². The number of hydrogen-bond acceptors (Lipinski definition) is 3. The number of carbonyl (C=O) groups is 1. The highest BCUT2D eigenvalue weighted by atomic mass is 19.1. The van der Waals surface area contributed by atoms with Crippen LogP contribution in [0.5, 0.6) is 5.75 Å². The summed E-state index contributed by atoms with van der Waals surface area (Å²) in [6, 6.07) is 6.63. The molecule has 1 aromatic carbocycles. The number of rotatable bonds is 3. The Hall–Kier alpha value is -1.84. The minimum atomic E-state index is -0.981. The zero-order valence-corrected chi connectivity index (χ0v) is 8.49. The minimum absolute atomic E-state index is 0.568. The summed E-state index contributed by atoms with van der Waals surface area (Å²) in [6.07, 6.45) is 1.10. The number of ether oxygens (including phenoxy) is 2. The van der Waals surface area contributed by atoms with E-state index in [4.69, 9.17) is 4.74 Å². The van der Waals surface area contributed by atoms with Gasteiger partial charge < -0.3 is 9.47 Å². The highest BCUT2D eigenvalue weighted by Gasteiger charge is 2.07. The molecule has 1 rings (SSSR count). The van der Waals surface area contributed by atoms with Crippen molar-refractivity contribution < 1.29 is 18.7 Å². The molecule has 0 saturated heterocycles. The van der Waals surface area contributed by atoms with Crippen LogP contribution in [0, 0.1) is 0 Å². The molecule has 0 bridgehead atoms. The van der Waals surface area contributed by atoms with Crippen LogP contribution in [-0.2, 0) is 9.53 Å². The van der Waals surface area contributed by atoms with E-state index in [0.717, 1.165) is 13.2 Å². The maximum absolute atomic E-state index is 13.0. The Balaban J connectivity index is 2.84. The highest BCUT2D eigenvalue weighted by Crippen LogP contribution is 2.14. The van der Waals surface area contributed by atoms with Crippen LogP contribution in [-0.4, -0.2) is 20.2 Å². The fraction of sp³-hybridized carbons (Fsp3) is 0.182. The van der Waals surface area contributed by atoms with Gasteiger partial charge in [0.15, 0.2) is 0 Å². The van der Waals surface area contributed by atoms with Crippen molar-refractivity contribution in [3.8, 4) is 5.75 Å². The summed E-state index contributed by atoms with van der Waals surface area (Å²) < 4.78 is 22.2. The molecule has 4 heteroatoms. The third-order valence-electron chi connectivity index (χ3n) is 1.79. The molecule has 80 valence electrons. The number of hydrogen-bond donors (Lipinski definition) is 0. The molecule has 0 heterocycles. The molecule has 0 aliphatic heterocycles. The van der Waals surface area contributed by atoms with E-state index in [2.05, 4.69) is 4.74 Å². The average Bonchev–Trinajstić information content (AvgIpc) is 2.29. The third kappa shape index (κ3) is 3.09. The molecule has 0 atom stereocenters. The second-order valence-corrected chi connectivity index (χ2v) is 2.76. The standard InChI is InChI=1S/C11H11FO3/c1-14-9-5-3-8(4-6-9)7-10(12)11(13)15-2/h3-7H,1-2H3/b10-7-. The zero-order valence-electron chi connectivity index (χ0n) is 8.49. The Bertz CT molecular complexity index is 368. The summed E-state index contributed by atoms with van der Waals surface area (Å²) in [6.45, 7) is 0. The molecular formula is C11H11FO3. The maximum atomic E-state index is 13.0. The fourth-order valence-electron chi connectivity index (χ4n) is 1.00. The first-order valence-electron chi connectivity index (χ1n) is 4.27. The number of carbonyl (C=O) groups excluding carboxylic acids is 1. The minimum Gasteiger partial charge on any atom is -0.497 e. The molecule has 1 aromatic rings. The van der Waals surface area contributed by atoms with Gasteiger partial charge in [0.25, 0.3) is 0 Å². The highest BCUT2D eigenvalue weighted by molar-refractivity contribution is 5.91. The molecule has 3 nitrogen and oxygen atoms in total. The van der Waals surface area contributed by atoms with Crippen LogP contribution >= 0.6 is 0 Å². The van der Waals surface area contributed by atoms with Crippen molar-refractivity contribution in [3.05, 3.63) is 35.7 Å². The molecule has 0 radical (unpaired) electrons. The number of halogens is 1. The Labute approximate surface area is 87.1 Å². The number of methoxy groups -OCH3 is 2. The molecule has 15 heavy (non-hydrogen) atoms. The molecular weight excluding hydrogens is 199 g/mol. The van der Waals surface area contributed by atoms with Gasteiger partial charge in [0, 0.05) is 0 Å². The summed E-state index contributed by atoms with van der Waals surface area (Å²) in [4.78, 5) is 10.7. The van der Waals surface area contributed by atoms with Gasteiger partial charge in [-0.05, 0) is 23.8 Å². The molecule has 0 aliphatic carbocycles. The SMILES string of the molecule is COC(=O)/C(F)=C/c1ccc(OC)cc1. The van der Waals surface area contributed by atoms with Crippen molar-refractivity contribution in [1.29, 1.82) is 0 Å². The molecule has 0 spiro atoms.